The lowest BCUT2D eigenvalue weighted by molar-refractivity contribution is -0.136. The van der Waals surface area contributed by atoms with Crippen LogP contribution in [0.4, 0.5) is 35.2 Å². The van der Waals surface area contributed by atoms with E-state index in [4.69, 9.17) is 16.6 Å². The van der Waals surface area contributed by atoms with Crippen molar-refractivity contribution in [2.24, 2.45) is 5.92 Å². The largest absolute Gasteiger partial charge is 0.418 e. The summed E-state index contributed by atoms with van der Waals surface area (Å²) in [6.07, 6.45) is -1.05. The number of amides is 2. The molecule has 1 aromatic heterocycles. The summed E-state index contributed by atoms with van der Waals surface area (Å²) in [6, 6.07) is 13.1. The van der Waals surface area contributed by atoms with Gasteiger partial charge >= 0.3 is 12.2 Å². The lowest BCUT2D eigenvalue weighted by Crippen LogP contribution is -2.36. The molecule has 1 aliphatic rings. The Bertz CT molecular complexity index is 1230. The van der Waals surface area contributed by atoms with Crippen molar-refractivity contribution in [1.82, 2.24) is 10.3 Å². The molecular formula is C26H29ClF3N5O. The van der Waals surface area contributed by atoms with Crippen LogP contribution in [0, 0.1) is 5.92 Å². The summed E-state index contributed by atoms with van der Waals surface area (Å²) in [5.74, 6) is 1.07. The Morgan fingerprint density at radius 2 is 1.81 bits per heavy atom. The van der Waals surface area contributed by atoms with Gasteiger partial charge in [-0.1, -0.05) is 35.9 Å². The fraction of sp³-hybridized carbons (Fsp3) is 0.385. The van der Waals surface area contributed by atoms with E-state index in [-0.39, 0.29) is 17.0 Å². The fourth-order valence-electron chi connectivity index (χ4n) is 4.60. The number of aromatic nitrogens is 1. The van der Waals surface area contributed by atoms with Crippen molar-refractivity contribution in [1.29, 1.82) is 0 Å². The highest BCUT2D eigenvalue weighted by molar-refractivity contribution is 6.33. The van der Waals surface area contributed by atoms with Crippen LogP contribution >= 0.6 is 11.6 Å². The van der Waals surface area contributed by atoms with Gasteiger partial charge in [0.15, 0.2) is 0 Å². The molecule has 0 bridgehead atoms. The lowest BCUT2D eigenvalue weighted by atomic mass is 9.86. The Morgan fingerprint density at radius 3 is 2.50 bits per heavy atom. The van der Waals surface area contributed by atoms with Gasteiger partial charge in [0.05, 0.1) is 21.8 Å². The second-order valence-corrected chi connectivity index (χ2v) is 9.70. The van der Waals surface area contributed by atoms with E-state index in [0.29, 0.717) is 6.54 Å². The molecule has 192 valence electrons. The van der Waals surface area contributed by atoms with Crippen molar-refractivity contribution in [3.05, 3.63) is 59.1 Å². The molecule has 1 saturated carbocycles. The third-order valence-corrected chi connectivity index (χ3v) is 6.80. The minimum absolute atomic E-state index is 0.161. The van der Waals surface area contributed by atoms with E-state index in [0.717, 1.165) is 54.2 Å². The Hall–Kier alpha value is -3.20. The van der Waals surface area contributed by atoms with E-state index in [2.05, 4.69) is 33.0 Å². The maximum atomic E-state index is 13.2. The van der Waals surface area contributed by atoms with Crippen molar-refractivity contribution < 1.29 is 18.0 Å². The molecule has 4 rings (SSSR count). The van der Waals surface area contributed by atoms with E-state index in [1.807, 2.05) is 32.3 Å². The Morgan fingerprint density at radius 1 is 1.08 bits per heavy atom. The van der Waals surface area contributed by atoms with E-state index < -0.39 is 23.5 Å². The van der Waals surface area contributed by atoms with Gasteiger partial charge in [0.25, 0.3) is 0 Å². The average molecular weight is 520 g/mol. The number of alkyl halides is 3. The molecule has 6 nitrogen and oxygen atoms in total. The first kappa shape index (κ1) is 25.9. The first-order valence-corrected chi connectivity index (χ1v) is 12.2. The van der Waals surface area contributed by atoms with E-state index in [9.17, 15) is 18.0 Å². The summed E-state index contributed by atoms with van der Waals surface area (Å²) < 4.78 is 39.7. The zero-order valence-corrected chi connectivity index (χ0v) is 20.9. The molecule has 0 saturated heterocycles. The molecule has 1 fully saturated rings. The summed E-state index contributed by atoms with van der Waals surface area (Å²) in [5.41, 5.74) is 0.620. The third kappa shape index (κ3) is 6.13. The number of anilines is 3. The van der Waals surface area contributed by atoms with Gasteiger partial charge in [-0.25, -0.2) is 9.78 Å². The van der Waals surface area contributed by atoms with Crippen LogP contribution in [0.2, 0.25) is 5.02 Å². The highest BCUT2D eigenvalue weighted by Crippen LogP contribution is 2.38. The first-order chi connectivity index (χ1) is 17.1. The van der Waals surface area contributed by atoms with Crippen molar-refractivity contribution >= 4 is 45.7 Å². The van der Waals surface area contributed by atoms with Gasteiger partial charge in [-0.2, -0.15) is 13.2 Å². The Kier molecular flexibility index (Phi) is 7.78. The molecule has 36 heavy (non-hydrogen) atoms. The minimum Gasteiger partial charge on any atom is -0.377 e. The number of para-hydroxylation sites is 2. The predicted octanol–water partition coefficient (Wildman–Crippen LogP) is 6.77. The van der Waals surface area contributed by atoms with Crippen LogP contribution in [0.25, 0.3) is 10.9 Å². The molecule has 0 aliphatic heterocycles. The van der Waals surface area contributed by atoms with Crippen LogP contribution in [-0.4, -0.2) is 37.7 Å². The number of fused-ring (bicyclic) bond motifs is 1. The van der Waals surface area contributed by atoms with Crippen molar-refractivity contribution in [2.45, 2.75) is 37.9 Å². The lowest BCUT2D eigenvalue weighted by Gasteiger charge is -2.30. The molecule has 0 spiro atoms. The Labute approximate surface area is 213 Å². The van der Waals surface area contributed by atoms with Crippen LogP contribution in [0.5, 0.6) is 0 Å². The van der Waals surface area contributed by atoms with Gasteiger partial charge in [-0.3, -0.25) is 0 Å². The molecule has 0 unspecified atom stereocenters. The van der Waals surface area contributed by atoms with Crippen LogP contribution < -0.4 is 20.9 Å². The normalized spacial score (nSPS) is 18.1. The maximum absolute atomic E-state index is 13.2. The highest BCUT2D eigenvalue weighted by Gasteiger charge is 2.35. The quantitative estimate of drug-likeness (QED) is 0.336. The number of pyridine rings is 1. The highest BCUT2D eigenvalue weighted by atomic mass is 35.5. The van der Waals surface area contributed by atoms with Gasteiger partial charge in [0.1, 0.15) is 5.82 Å². The molecule has 2 amide bonds. The second kappa shape index (κ2) is 10.8. The predicted molar refractivity (Wildman–Crippen MR) is 139 cm³/mol. The summed E-state index contributed by atoms with van der Waals surface area (Å²) in [6.45, 7) is 0.378. The van der Waals surface area contributed by atoms with Crippen LogP contribution in [0.3, 0.4) is 0 Å². The standard InChI is InChI=1S/C26H29ClF3N5O/c1-35(2)22-14-23(33-21-9-4-3-6-18(21)22)32-17-12-10-16(11-13-17)15-31-25(36)34-24-19(26(28,29)30)7-5-8-20(24)27/h3-9,14,16-17H,10-13,15H2,1-2H3,(H,32,33)(H2,31,34,36)/t16-,17+. The third-order valence-electron chi connectivity index (χ3n) is 6.48. The van der Waals surface area contributed by atoms with Crippen molar-refractivity contribution in [3.8, 4) is 0 Å². The monoisotopic (exact) mass is 519 g/mol. The van der Waals surface area contributed by atoms with Crippen molar-refractivity contribution in [3.63, 3.8) is 0 Å². The van der Waals surface area contributed by atoms with E-state index >= 15 is 0 Å². The van der Waals surface area contributed by atoms with Gasteiger partial charge < -0.3 is 20.9 Å². The summed E-state index contributed by atoms with van der Waals surface area (Å²) >= 11 is 5.91. The fourth-order valence-corrected chi connectivity index (χ4v) is 4.82. The van der Waals surface area contributed by atoms with E-state index in [1.165, 1.54) is 12.1 Å². The van der Waals surface area contributed by atoms with Gasteiger partial charge in [-0.05, 0) is 49.8 Å². The number of nitrogens with zero attached hydrogens (tertiary/aromatic N) is 2. The minimum atomic E-state index is -4.62. The summed E-state index contributed by atoms with van der Waals surface area (Å²) in [5, 5.41) is 9.46. The van der Waals surface area contributed by atoms with Gasteiger partial charge in [-0.15, -0.1) is 0 Å². The molecule has 3 aromatic rings. The summed E-state index contributed by atoms with van der Waals surface area (Å²) in [4.78, 5) is 19.2. The Balaban J connectivity index is 1.30. The number of hydrogen-bond acceptors (Lipinski definition) is 4. The first-order valence-electron chi connectivity index (χ1n) is 11.9. The molecule has 1 aliphatic carbocycles. The molecule has 10 heteroatoms. The van der Waals surface area contributed by atoms with Crippen molar-refractivity contribution in [2.75, 3.05) is 36.2 Å². The molecule has 2 aromatic carbocycles. The zero-order valence-electron chi connectivity index (χ0n) is 20.1. The zero-order chi connectivity index (χ0) is 25.9. The summed E-state index contributed by atoms with van der Waals surface area (Å²) in [7, 11) is 4.02. The second-order valence-electron chi connectivity index (χ2n) is 9.30. The smallest absolute Gasteiger partial charge is 0.377 e. The van der Waals surface area contributed by atoms with Crippen LogP contribution in [-0.2, 0) is 6.18 Å². The number of rotatable bonds is 6. The molecule has 3 N–H and O–H groups in total. The number of urea groups is 1. The number of nitrogens with one attached hydrogen (secondary N) is 3. The van der Waals surface area contributed by atoms with Crippen LogP contribution in [0.15, 0.2) is 48.5 Å². The molecular weight excluding hydrogens is 491 g/mol. The SMILES string of the molecule is CN(C)c1cc(N[C@H]2CC[C@@H](CNC(=O)Nc3c(Cl)cccc3C(F)(F)F)CC2)nc2ccccc12. The average Bonchev–Trinajstić information content (AvgIpc) is 2.83. The number of halogens is 4. The number of carbonyl (C=O) groups excluding carboxylic acids is 1. The van der Waals surface area contributed by atoms with Gasteiger partial charge in [0.2, 0.25) is 0 Å². The number of hydrogen-bond donors (Lipinski definition) is 3. The van der Waals surface area contributed by atoms with Crippen LogP contribution in [0.1, 0.15) is 31.2 Å². The van der Waals surface area contributed by atoms with E-state index in [1.54, 1.807) is 0 Å². The molecule has 0 radical (unpaired) electrons. The number of benzene rings is 2. The topological polar surface area (TPSA) is 69.3 Å². The van der Waals surface area contributed by atoms with Gasteiger partial charge in [0, 0.05) is 43.8 Å². The molecule has 0 atom stereocenters. The maximum Gasteiger partial charge on any atom is 0.418 e. The molecule has 1 heterocycles. The number of carbonyl (C=O) groups is 1.